The molecule has 1 aromatic rings. The number of benzene rings is 1. The van der Waals surface area contributed by atoms with Crippen LogP contribution >= 0.6 is 11.6 Å². The van der Waals surface area contributed by atoms with E-state index in [-0.39, 0.29) is 24.2 Å². The standard InChI is InChI=1S/C12H12ClNO3/c1-17-11(15)5-4-9-8-3-2-7(13)6-10(8)14-12(9)16/h2-3,6,9H,4-5H2,1H3,(H,14,16). The Morgan fingerprint density at radius 3 is 3.00 bits per heavy atom. The van der Waals surface area contributed by atoms with Crippen LogP contribution in [0.5, 0.6) is 0 Å². The minimum Gasteiger partial charge on any atom is -0.469 e. The molecular weight excluding hydrogens is 242 g/mol. The number of rotatable bonds is 3. The Labute approximate surface area is 104 Å². The maximum atomic E-state index is 11.7. The molecule has 1 N–H and O–H groups in total. The Morgan fingerprint density at radius 2 is 2.29 bits per heavy atom. The van der Waals surface area contributed by atoms with Gasteiger partial charge in [0.05, 0.1) is 13.0 Å². The zero-order valence-corrected chi connectivity index (χ0v) is 10.1. The van der Waals surface area contributed by atoms with Crippen molar-refractivity contribution < 1.29 is 14.3 Å². The van der Waals surface area contributed by atoms with Crippen molar-refractivity contribution in [2.45, 2.75) is 18.8 Å². The quantitative estimate of drug-likeness (QED) is 0.841. The lowest BCUT2D eigenvalue weighted by atomic mass is 9.96. The predicted molar refractivity (Wildman–Crippen MR) is 64.1 cm³/mol. The average Bonchev–Trinajstić information content (AvgIpc) is 2.61. The Bertz CT molecular complexity index is 473. The van der Waals surface area contributed by atoms with Crippen molar-refractivity contribution in [3.05, 3.63) is 28.8 Å². The third-order valence-corrected chi connectivity index (χ3v) is 3.07. The van der Waals surface area contributed by atoms with Gasteiger partial charge in [0.15, 0.2) is 0 Å². The van der Waals surface area contributed by atoms with Crippen LogP contribution in [0.15, 0.2) is 18.2 Å². The third kappa shape index (κ3) is 2.42. The van der Waals surface area contributed by atoms with Crippen LogP contribution in [-0.2, 0) is 14.3 Å². The van der Waals surface area contributed by atoms with E-state index in [1.165, 1.54) is 7.11 Å². The minimum atomic E-state index is -0.305. The first-order valence-electron chi connectivity index (χ1n) is 5.29. The highest BCUT2D eigenvalue weighted by molar-refractivity contribution is 6.31. The molecule has 0 aliphatic carbocycles. The van der Waals surface area contributed by atoms with E-state index in [1.54, 1.807) is 12.1 Å². The highest BCUT2D eigenvalue weighted by atomic mass is 35.5. The number of nitrogens with one attached hydrogen (secondary N) is 1. The third-order valence-electron chi connectivity index (χ3n) is 2.83. The highest BCUT2D eigenvalue weighted by Gasteiger charge is 2.30. The lowest BCUT2D eigenvalue weighted by molar-refractivity contribution is -0.140. The number of hydrogen-bond donors (Lipinski definition) is 1. The lowest BCUT2D eigenvalue weighted by Gasteiger charge is -2.07. The van der Waals surface area contributed by atoms with Crippen molar-refractivity contribution in [1.29, 1.82) is 0 Å². The number of halogens is 1. The molecule has 2 rings (SSSR count). The van der Waals surface area contributed by atoms with Crippen LogP contribution < -0.4 is 5.32 Å². The molecule has 0 saturated carbocycles. The SMILES string of the molecule is COC(=O)CCC1C(=O)Nc2cc(Cl)ccc21. The second-order valence-corrected chi connectivity index (χ2v) is 4.32. The maximum Gasteiger partial charge on any atom is 0.305 e. The smallest absolute Gasteiger partial charge is 0.305 e. The summed E-state index contributed by atoms with van der Waals surface area (Å²) in [6.07, 6.45) is 0.684. The lowest BCUT2D eigenvalue weighted by Crippen LogP contribution is -2.13. The number of carbonyl (C=O) groups excluding carboxylic acids is 2. The summed E-state index contributed by atoms with van der Waals surface area (Å²) in [5.74, 6) is -0.687. The van der Waals surface area contributed by atoms with Gasteiger partial charge in [-0.15, -0.1) is 0 Å². The van der Waals surface area contributed by atoms with Gasteiger partial charge in [0.1, 0.15) is 0 Å². The molecule has 1 aromatic carbocycles. The second kappa shape index (κ2) is 4.75. The molecule has 0 aromatic heterocycles. The number of hydrogen-bond acceptors (Lipinski definition) is 3. The van der Waals surface area contributed by atoms with E-state index in [4.69, 9.17) is 11.6 Å². The van der Waals surface area contributed by atoms with Gasteiger partial charge in [-0.25, -0.2) is 0 Å². The van der Waals surface area contributed by atoms with Gasteiger partial charge in [0.2, 0.25) is 5.91 Å². The summed E-state index contributed by atoms with van der Waals surface area (Å²) in [6, 6.07) is 5.27. The molecule has 90 valence electrons. The first-order chi connectivity index (χ1) is 8.11. The van der Waals surface area contributed by atoms with E-state index < -0.39 is 0 Å². The Morgan fingerprint density at radius 1 is 1.53 bits per heavy atom. The van der Waals surface area contributed by atoms with Gasteiger partial charge in [0, 0.05) is 17.1 Å². The Hall–Kier alpha value is -1.55. The van der Waals surface area contributed by atoms with E-state index in [2.05, 4.69) is 10.1 Å². The van der Waals surface area contributed by atoms with Crippen molar-refractivity contribution in [3.63, 3.8) is 0 Å². The monoisotopic (exact) mass is 253 g/mol. The van der Waals surface area contributed by atoms with Crippen LogP contribution in [0.1, 0.15) is 24.3 Å². The number of methoxy groups -OCH3 is 1. The average molecular weight is 254 g/mol. The van der Waals surface area contributed by atoms with E-state index in [9.17, 15) is 9.59 Å². The van der Waals surface area contributed by atoms with Crippen LogP contribution in [-0.4, -0.2) is 19.0 Å². The van der Waals surface area contributed by atoms with Crippen LogP contribution in [0.4, 0.5) is 5.69 Å². The summed E-state index contributed by atoms with van der Waals surface area (Å²) >= 11 is 5.84. The summed E-state index contributed by atoms with van der Waals surface area (Å²) in [4.78, 5) is 22.8. The molecule has 0 bridgehead atoms. The first-order valence-corrected chi connectivity index (χ1v) is 5.66. The fourth-order valence-electron chi connectivity index (χ4n) is 1.95. The Balaban J connectivity index is 2.15. The van der Waals surface area contributed by atoms with Gasteiger partial charge in [0.25, 0.3) is 0 Å². The van der Waals surface area contributed by atoms with E-state index in [0.29, 0.717) is 11.4 Å². The molecule has 1 aliphatic rings. The van der Waals surface area contributed by atoms with Crippen molar-refractivity contribution in [2.24, 2.45) is 0 Å². The van der Waals surface area contributed by atoms with Gasteiger partial charge in [-0.1, -0.05) is 17.7 Å². The van der Waals surface area contributed by atoms with Crippen molar-refractivity contribution >= 4 is 29.2 Å². The zero-order valence-electron chi connectivity index (χ0n) is 9.33. The number of amides is 1. The van der Waals surface area contributed by atoms with Gasteiger partial charge in [-0.05, 0) is 24.1 Å². The number of carbonyl (C=O) groups is 2. The topological polar surface area (TPSA) is 55.4 Å². The zero-order chi connectivity index (χ0) is 12.4. The van der Waals surface area contributed by atoms with E-state index in [1.807, 2.05) is 6.07 Å². The molecule has 17 heavy (non-hydrogen) atoms. The normalized spacial score (nSPS) is 17.5. The molecule has 1 amide bonds. The molecule has 1 atom stereocenters. The summed E-state index contributed by atoms with van der Waals surface area (Å²) in [7, 11) is 1.34. The van der Waals surface area contributed by atoms with Gasteiger partial charge in [-0.2, -0.15) is 0 Å². The molecule has 1 aliphatic heterocycles. The Kier molecular flexibility index (Phi) is 3.33. The molecule has 0 spiro atoms. The fraction of sp³-hybridized carbons (Fsp3) is 0.333. The molecule has 1 heterocycles. The van der Waals surface area contributed by atoms with E-state index >= 15 is 0 Å². The summed E-state index contributed by atoms with van der Waals surface area (Å²) in [6.45, 7) is 0. The summed E-state index contributed by atoms with van der Waals surface area (Å²) < 4.78 is 4.56. The maximum absolute atomic E-state index is 11.7. The minimum absolute atomic E-state index is 0.0915. The van der Waals surface area contributed by atoms with Crippen molar-refractivity contribution in [3.8, 4) is 0 Å². The van der Waals surface area contributed by atoms with Crippen LogP contribution in [0, 0.1) is 0 Å². The molecule has 5 heteroatoms. The molecule has 0 fully saturated rings. The van der Waals surface area contributed by atoms with Gasteiger partial charge >= 0.3 is 5.97 Å². The largest absolute Gasteiger partial charge is 0.469 e. The number of ether oxygens (including phenoxy) is 1. The molecule has 0 radical (unpaired) electrons. The van der Waals surface area contributed by atoms with Crippen LogP contribution in [0.25, 0.3) is 0 Å². The number of esters is 1. The second-order valence-electron chi connectivity index (χ2n) is 3.89. The fourth-order valence-corrected chi connectivity index (χ4v) is 2.12. The van der Waals surface area contributed by atoms with Crippen molar-refractivity contribution in [2.75, 3.05) is 12.4 Å². The predicted octanol–water partition coefficient (Wildman–Crippen LogP) is 2.33. The summed E-state index contributed by atoms with van der Waals surface area (Å²) in [5, 5.41) is 3.34. The van der Waals surface area contributed by atoms with Gasteiger partial charge < -0.3 is 10.1 Å². The molecule has 0 saturated heterocycles. The number of fused-ring (bicyclic) bond motifs is 1. The summed E-state index contributed by atoms with van der Waals surface area (Å²) in [5.41, 5.74) is 1.63. The van der Waals surface area contributed by atoms with Crippen LogP contribution in [0.2, 0.25) is 5.02 Å². The van der Waals surface area contributed by atoms with E-state index in [0.717, 1.165) is 11.3 Å². The molecule has 1 unspecified atom stereocenters. The van der Waals surface area contributed by atoms with Crippen LogP contribution in [0.3, 0.4) is 0 Å². The van der Waals surface area contributed by atoms with Crippen molar-refractivity contribution in [1.82, 2.24) is 0 Å². The number of anilines is 1. The highest BCUT2D eigenvalue weighted by Crippen LogP contribution is 2.36. The molecule has 4 nitrogen and oxygen atoms in total. The van der Waals surface area contributed by atoms with Gasteiger partial charge in [-0.3, -0.25) is 9.59 Å². The molecular formula is C12H12ClNO3. The first kappa shape index (κ1) is 11.9.